The Kier molecular flexibility index (Phi) is 4.98. The molecule has 3 N–H and O–H groups in total. The molecule has 0 atom stereocenters. The van der Waals surface area contributed by atoms with Crippen LogP contribution in [-0.2, 0) is 6.54 Å². The minimum absolute atomic E-state index is 0.0342. The highest BCUT2D eigenvalue weighted by atomic mass is 19.1. The highest BCUT2D eigenvalue weighted by molar-refractivity contribution is 5.86. The lowest BCUT2D eigenvalue weighted by molar-refractivity contribution is 0.442. The van der Waals surface area contributed by atoms with E-state index in [2.05, 4.69) is 20.3 Å². The number of halogens is 1. The quantitative estimate of drug-likeness (QED) is 0.435. The smallest absolute Gasteiger partial charge is 0.302 e. The molecule has 2 heterocycles. The van der Waals surface area contributed by atoms with Crippen LogP contribution in [0.1, 0.15) is 11.1 Å². The predicted molar refractivity (Wildman–Crippen MR) is 108 cm³/mol. The molecule has 0 unspecified atom stereocenters. The molecule has 0 amide bonds. The first-order valence-electron chi connectivity index (χ1n) is 8.77. The lowest BCUT2D eigenvalue weighted by Crippen LogP contribution is -2.09. The van der Waals surface area contributed by atoms with Crippen molar-refractivity contribution in [2.75, 3.05) is 5.32 Å². The first-order valence-corrected chi connectivity index (χ1v) is 8.77. The van der Waals surface area contributed by atoms with Gasteiger partial charge in [-0.2, -0.15) is 4.98 Å². The summed E-state index contributed by atoms with van der Waals surface area (Å²) in [6.45, 7) is 0.408. The van der Waals surface area contributed by atoms with Gasteiger partial charge >= 0.3 is 6.01 Å². The molecule has 4 aromatic rings. The maximum Gasteiger partial charge on any atom is 0.302 e. The summed E-state index contributed by atoms with van der Waals surface area (Å²) in [5.41, 5.74) is 2.15. The van der Waals surface area contributed by atoms with Crippen LogP contribution in [0.2, 0.25) is 0 Å². The van der Waals surface area contributed by atoms with Crippen LogP contribution in [-0.4, -0.2) is 21.2 Å². The number of pyridine rings is 1. The average molecular weight is 389 g/mol. The first-order chi connectivity index (χ1) is 14.1. The van der Waals surface area contributed by atoms with Crippen LogP contribution in [0.4, 0.5) is 10.1 Å². The molecule has 2 aromatic heterocycles. The maximum atomic E-state index is 13.3. The zero-order chi connectivity index (χ0) is 20.2. The Morgan fingerprint density at radius 1 is 1.21 bits per heavy atom. The van der Waals surface area contributed by atoms with Gasteiger partial charge in [-0.15, -0.1) is 0 Å². The van der Waals surface area contributed by atoms with Crippen molar-refractivity contribution in [1.82, 2.24) is 15.0 Å². The number of aromatic amines is 1. The summed E-state index contributed by atoms with van der Waals surface area (Å²) in [4.78, 5) is 22.9. The van der Waals surface area contributed by atoms with Gasteiger partial charge in [-0.05, 0) is 42.0 Å². The summed E-state index contributed by atoms with van der Waals surface area (Å²) in [5, 5.41) is 11.3. The summed E-state index contributed by atoms with van der Waals surface area (Å²) < 4.78 is 19.0. The van der Waals surface area contributed by atoms with E-state index in [0.29, 0.717) is 34.4 Å². The number of H-pyrrole nitrogens is 1. The lowest BCUT2D eigenvalue weighted by Gasteiger charge is -2.12. The van der Waals surface area contributed by atoms with Crippen molar-refractivity contribution in [2.45, 2.75) is 6.54 Å². The number of rotatable bonds is 6. The molecule has 0 radical (unpaired) electrons. The second kappa shape index (κ2) is 7.89. The number of hydrogen-bond acceptors (Lipinski definition) is 6. The molecule has 0 aliphatic carbocycles. The van der Waals surface area contributed by atoms with Gasteiger partial charge in [0.05, 0.1) is 17.1 Å². The van der Waals surface area contributed by atoms with Gasteiger partial charge in [-0.1, -0.05) is 12.1 Å². The van der Waals surface area contributed by atoms with E-state index in [4.69, 9.17) is 10.1 Å². The van der Waals surface area contributed by atoms with Crippen LogP contribution in [0, 0.1) is 11.2 Å². The van der Waals surface area contributed by atoms with Gasteiger partial charge in [0.2, 0.25) is 0 Å². The van der Waals surface area contributed by atoms with E-state index in [-0.39, 0.29) is 17.4 Å². The van der Waals surface area contributed by atoms with Gasteiger partial charge in [0.1, 0.15) is 11.6 Å². The summed E-state index contributed by atoms with van der Waals surface area (Å²) in [6, 6.07) is 13.0. The highest BCUT2D eigenvalue weighted by Crippen LogP contribution is 2.24. The maximum absolute atomic E-state index is 13.3. The number of ether oxygens (including phenoxy) is 1. The Balaban J connectivity index is 1.55. The van der Waals surface area contributed by atoms with Crippen molar-refractivity contribution < 1.29 is 9.13 Å². The lowest BCUT2D eigenvalue weighted by atomic mass is 10.1. The molecule has 2 aromatic carbocycles. The molecule has 0 saturated carbocycles. The summed E-state index contributed by atoms with van der Waals surface area (Å²) >= 11 is 0. The molecule has 0 spiro atoms. The van der Waals surface area contributed by atoms with Crippen LogP contribution >= 0.6 is 0 Å². The molecular weight excluding hydrogens is 373 g/mol. The van der Waals surface area contributed by atoms with Crippen molar-refractivity contribution in [2.24, 2.45) is 0 Å². The van der Waals surface area contributed by atoms with E-state index >= 15 is 0 Å². The molecular formula is C21H16FN5O2. The molecule has 8 heteroatoms. The Morgan fingerprint density at radius 3 is 2.93 bits per heavy atom. The zero-order valence-electron chi connectivity index (χ0n) is 15.1. The normalized spacial score (nSPS) is 10.7. The number of nitrogens with one attached hydrogen (secondary N) is 3. The Hall–Kier alpha value is -4.07. The average Bonchev–Trinajstić information content (AvgIpc) is 2.73. The predicted octanol–water partition coefficient (Wildman–Crippen LogP) is 3.86. The van der Waals surface area contributed by atoms with Crippen LogP contribution in [0.5, 0.6) is 11.8 Å². The second-order valence-electron chi connectivity index (χ2n) is 6.24. The molecule has 0 bridgehead atoms. The zero-order valence-corrected chi connectivity index (χ0v) is 15.1. The number of anilines is 1. The third kappa shape index (κ3) is 4.11. The number of hydrogen-bond donors (Lipinski definition) is 3. The van der Waals surface area contributed by atoms with Crippen LogP contribution in [0.25, 0.3) is 10.9 Å². The standard InChI is InChI=1S/C21H16FN5O2/c22-15-3-1-2-13(8-15)11-25-18-5-4-16(9-14(18)10-23)29-21-26-19-12-24-7-6-17(19)20(28)27-21/h1-10,12,23,25H,11H2,(H,26,27,28). The minimum atomic E-state index is -0.326. The van der Waals surface area contributed by atoms with Crippen molar-refractivity contribution >= 4 is 22.8 Å². The van der Waals surface area contributed by atoms with Crippen LogP contribution in [0.15, 0.2) is 65.7 Å². The Morgan fingerprint density at radius 2 is 2.10 bits per heavy atom. The Labute approximate surface area is 164 Å². The summed E-state index contributed by atoms with van der Waals surface area (Å²) in [6.07, 6.45) is 4.19. The molecule has 4 rings (SSSR count). The number of aromatic nitrogens is 3. The van der Waals surface area contributed by atoms with E-state index in [1.54, 1.807) is 30.3 Å². The summed E-state index contributed by atoms with van der Waals surface area (Å²) in [7, 11) is 0. The fourth-order valence-electron chi connectivity index (χ4n) is 2.86. The van der Waals surface area contributed by atoms with Crippen LogP contribution < -0.4 is 15.6 Å². The van der Waals surface area contributed by atoms with E-state index in [1.165, 1.54) is 30.7 Å². The van der Waals surface area contributed by atoms with Gasteiger partial charge in [0.15, 0.2) is 0 Å². The second-order valence-corrected chi connectivity index (χ2v) is 6.24. The van der Waals surface area contributed by atoms with Crippen molar-refractivity contribution in [3.05, 3.63) is 88.2 Å². The van der Waals surface area contributed by atoms with Crippen LogP contribution in [0.3, 0.4) is 0 Å². The largest absolute Gasteiger partial charge is 0.426 e. The first kappa shape index (κ1) is 18.3. The molecule has 0 saturated heterocycles. The number of nitrogens with zero attached hydrogens (tertiary/aromatic N) is 2. The van der Waals surface area contributed by atoms with Gasteiger partial charge in [0, 0.05) is 30.2 Å². The van der Waals surface area contributed by atoms with Gasteiger partial charge in [-0.25, -0.2) is 4.39 Å². The van der Waals surface area contributed by atoms with E-state index in [9.17, 15) is 9.18 Å². The number of fused-ring (bicyclic) bond motifs is 1. The molecule has 144 valence electrons. The van der Waals surface area contributed by atoms with Gasteiger partial charge in [-0.3, -0.25) is 14.8 Å². The molecule has 0 aliphatic heterocycles. The third-order valence-corrected chi connectivity index (χ3v) is 4.25. The van der Waals surface area contributed by atoms with E-state index < -0.39 is 0 Å². The molecule has 7 nitrogen and oxygen atoms in total. The van der Waals surface area contributed by atoms with Crippen molar-refractivity contribution in [3.8, 4) is 11.8 Å². The topological polar surface area (TPSA) is 104 Å². The van der Waals surface area contributed by atoms with Gasteiger partial charge < -0.3 is 15.5 Å². The van der Waals surface area contributed by atoms with E-state index in [1.807, 2.05) is 6.07 Å². The SMILES string of the molecule is N=Cc1cc(Oc2nc3cnccc3c(=O)[nH]2)ccc1NCc1cccc(F)c1. The third-order valence-electron chi connectivity index (χ3n) is 4.25. The summed E-state index contributed by atoms with van der Waals surface area (Å²) in [5.74, 6) is 0.110. The minimum Gasteiger partial charge on any atom is -0.426 e. The van der Waals surface area contributed by atoms with Crippen molar-refractivity contribution in [1.29, 1.82) is 5.41 Å². The van der Waals surface area contributed by atoms with Gasteiger partial charge in [0.25, 0.3) is 5.56 Å². The fourth-order valence-corrected chi connectivity index (χ4v) is 2.86. The molecule has 29 heavy (non-hydrogen) atoms. The monoisotopic (exact) mass is 389 g/mol. The van der Waals surface area contributed by atoms with Crippen molar-refractivity contribution in [3.63, 3.8) is 0 Å². The molecule has 0 fully saturated rings. The fraction of sp³-hybridized carbons (Fsp3) is 0.0476. The molecule has 0 aliphatic rings. The number of benzene rings is 2. The Bertz CT molecular complexity index is 1260. The highest BCUT2D eigenvalue weighted by Gasteiger charge is 2.08. The van der Waals surface area contributed by atoms with E-state index in [0.717, 1.165) is 5.56 Å².